The maximum Gasteiger partial charge on any atom is 0.332 e. The molecule has 4 amide bonds. The minimum absolute atomic E-state index is 0.110. The molecular formula is C24H24N6O6. The van der Waals surface area contributed by atoms with Gasteiger partial charge in [-0.25, -0.2) is 9.48 Å². The molecule has 36 heavy (non-hydrogen) atoms. The second-order valence-corrected chi connectivity index (χ2v) is 9.71. The number of amides is 4. The van der Waals surface area contributed by atoms with Gasteiger partial charge in [0.05, 0.1) is 19.0 Å². The molecule has 3 fully saturated rings. The summed E-state index contributed by atoms with van der Waals surface area (Å²) >= 11 is 0. The molecule has 1 saturated carbocycles. The summed E-state index contributed by atoms with van der Waals surface area (Å²) in [6.45, 7) is 0.681. The lowest BCUT2D eigenvalue weighted by atomic mass is 10.0. The summed E-state index contributed by atoms with van der Waals surface area (Å²) in [7, 11) is 1.33. The van der Waals surface area contributed by atoms with E-state index in [9.17, 15) is 24.0 Å². The van der Waals surface area contributed by atoms with Crippen LogP contribution in [0.25, 0.3) is 5.69 Å². The molecule has 3 atom stereocenters. The van der Waals surface area contributed by atoms with Crippen molar-refractivity contribution in [1.29, 1.82) is 0 Å². The monoisotopic (exact) mass is 492 g/mol. The summed E-state index contributed by atoms with van der Waals surface area (Å²) in [4.78, 5) is 65.5. The minimum atomic E-state index is -0.902. The molecule has 4 heterocycles. The highest BCUT2D eigenvalue weighted by Crippen LogP contribution is 2.55. The van der Waals surface area contributed by atoms with E-state index in [1.807, 2.05) is 0 Å². The molecule has 0 spiro atoms. The summed E-state index contributed by atoms with van der Waals surface area (Å²) in [6, 6.07) is 4.44. The first kappa shape index (κ1) is 22.4. The van der Waals surface area contributed by atoms with Gasteiger partial charge in [0.1, 0.15) is 11.6 Å². The Kier molecular flexibility index (Phi) is 4.95. The highest BCUT2D eigenvalue weighted by atomic mass is 16.5. The van der Waals surface area contributed by atoms with Crippen LogP contribution in [0.5, 0.6) is 0 Å². The maximum absolute atomic E-state index is 13.3. The molecule has 0 radical (unpaired) electrons. The predicted molar refractivity (Wildman–Crippen MR) is 121 cm³/mol. The highest BCUT2D eigenvalue weighted by Gasteiger charge is 2.67. The average molecular weight is 492 g/mol. The van der Waals surface area contributed by atoms with E-state index in [0.717, 1.165) is 12.8 Å². The van der Waals surface area contributed by atoms with E-state index >= 15 is 0 Å². The first-order chi connectivity index (χ1) is 17.3. The van der Waals surface area contributed by atoms with Crippen molar-refractivity contribution in [3.05, 3.63) is 41.2 Å². The summed E-state index contributed by atoms with van der Waals surface area (Å²) in [6.07, 6.45) is 4.28. The van der Waals surface area contributed by atoms with Gasteiger partial charge in [0.2, 0.25) is 11.8 Å². The maximum atomic E-state index is 13.3. The van der Waals surface area contributed by atoms with Gasteiger partial charge in [-0.15, -0.1) is 5.10 Å². The number of imide groups is 1. The van der Waals surface area contributed by atoms with Crippen LogP contribution in [0.4, 0.5) is 0 Å². The van der Waals surface area contributed by atoms with Gasteiger partial charge in [0, 0.05) is 25.1 Å². The van der Waals surface area contributed by atoms with Crippen molar-refractivity contribution in [2.24, 2.45) is 5.92 Å². The van der Waals surface area contributed by atoms with E-state index in [4.69, 9.17) is 4.74 Å². The summed E-state index contributed by atoms with van der Waals surface area (Å²) in [5, 5.41) is 10.5. The normalized spacial score (nSPS) is 26.9. The molecular weight excluding hydrogens is 468 g/mol. The van der Waals surface area contributed by atoms with Crippen molar-refractivity contribution in [3.8, 4) is 5.69 Å². The van der Waals surface area contributed by atoms with Gasteiger partial charge in [0.15, 0.2) is 5.69 Å². The summed E-state index contributed by atoms with van der Waals surface area (Å²) in [5.41, 5.74) is 1.01. The van der Waals surface area contributed by atoms with Crippen molar-refractivity contribution in [2.45, 2.75) is 50.2 Å². The topological polar surface area (TPSA) is 144 Å². The Hall–Kier alpha value is -4.09. The number of nitrogens with one attached hydrogen (secondary N) is 1. The number of hydrogen-bond donors (Lipinski definition) is 1. The van der Waals surface area contributed by atoms with Crippen LogP contribution < -0.4 is 5.32 Å². The zero-order valence-corrected chi connectivity index (χ0v) is 19.6. The van der Waals surface area contributed by atoms with Crippen molar-refractivity contribution in [1.82, 2.24) is 30.1 Å². The second kappa shape index (κ2) is 7.97. The zero-order valence-electron chi connectivity index (χ0n) is 19.6. The smallest absolute Gasteiger partial charge is 0.332 e. The number of benzene rings is 1. The predicted octanol–water partition coefficient (Wildman–Crippen LogP) is 0.196. The molecule has 1 aromatic heterocycles. The van der Waals surface area contributed by atoms with Crippen LogP contribution in [-0.2, 0) is 25.7 Å². The second-order valence-electron chi connectivity index (χ2n) is 9.71. The van der Waals surface area contributed by atoms with E-state index in [-0.39, 0.29) is 48.7 Å². The number of likely N-dealkylation sites (tertiary alicyclic amines) is 1. The molecule has 12 nitrogen and oxygen atoms in total. The third-order valence-corrected chi connectivity index (χ3v) is 7.76. The number of rotatable bonds is 4. The Morgan fingerprint density at radius 3 is 2.81 bits per heavy atom. The SMILES string of the molecule is COC(=O)[C@]12C[C@H]1CCCN2C(=O)c1cn(-c2ccc3c(c2)CN(C2CCC(=O)NC2=O)C3=O)nn1. The molecule has 2 saturated heterocycles. The van der Waals surface area contributed by atoms with E-state index in [0.29, 0.717) is 29.8 Å². The van der Waals surface area contributed by atoms with Gasteiger partial charge < -0.3 is 14.5 Å². The van der Waals surface area contributed by atoms with Gasteiger partial charge >= 0.3 is 5.97 Å². The van der Waals surface area contributed by atoms with E-state index in [1.165, 1.54) is 22.9 Å². The van der Waals surface area contributed by atoms with Crippen molar-refractivity contribution < 1.29 is 28.7 Å². The van der Waals surface area contributed by atoms with Crippen LogP contribution in [0.3, 0.4) is 0 Å². The molecule has 3 aliphatic heterocycles. The Morgan fingerprint density at radius 1 is 1.19 bits per heavy atom. The molecule has 1 unspecified atom stereocenters. The number of aromatic nitrogens is 3. The molecule has 4 aliphatic rings. The number of ether oxygens (including phenoxy) is 1. The largest absolute Gasteiger partial charge is 0.467 e. The summed E-state index contributed by atoms with van der Waals surface area (Å²) in [5.74, 6) is -1.71. The van der Waals surface area contributed by atoms with Crippen LogP contribution in [0.15, 0.2) is 24.4 Å². The van der Waals surface area contributed by atoms with E-state index in [2.05, 4.69) is 15.6 Å². The van der Waals surface area contributed by atoms with Crippen LogP contribution >= 0.6 is 0 Å². The Balaban J connectivity index is 1.22. The molecule has 1 N–H and O–H groups in total. The third-order valence-electron chi connectivity index (χ3n) is 7.76. The van der Waals surface area contributed by atoms with Crippen molar-refractivity contribution in [3.63, 3.8) is 0 Å². The average Bonchev–Trinajstić information content (AvgIpc) is 3.28. The fourth-order valence-corrected chi connectivity index (χ4v) is 5.83. The first-order valence-corrected chi connectivity index (χ1v) is 11.9. The lowest BCUT2D eigenvalue weighted by Gasteiger charge is -2.33. The van der Waals surface area contributed by atoms with E-state index < -0.39 is 23.5 Å². The minimum Gasteiger partial charge on any atom is -0.467 e. The van der Waals surface area contributed by atoms with Crippen molar-refractivity contribution in [2.75, 3.05) is 13.7 Å². The number of esters is 1. The number of methoxy groups -OCH3 is 1. The third kappa shape index (κ3) is 3.23. The van der Waals surface area contributed by atoms with Gasteiger partial charge in [-0.2, -0.15) is 0 Å². The molecule has 2 aromatic rings. The molecule has 12 heteroatoms. The van der Waals surface area contributed by atoms with Gasteiger partial charge in [-0.05, 0) is 55.4 Å². The lowest BCUT2D eigenvalue weighted by Crippen LogP contribution is -2.52. The van der Waals surface area contributed by atoms with Crippen LogP contribution in [0, 0.1) is 5.92 Å². The molecule has 186 valence electrons. The van der Waals surface area contributed by atoms with Gasteiger partial charge in [-0.1, -0.05) is 5.21 Å². The van der Waals surface area contributed by atoms with Crippen LogP contribution in [-0.4, -0.2) is 79.6 Å². The number of fused-ring (bicyclic) bond motifs is 2. The van der Waals surface area contributed by atoms with E-state index in [1.54, 1.807) is 23.1 Å². The van der Waals surface area contributed by atoms with Gasteiger partial charge in [0.25, 0.3) is 11.8 Å². The van der Waals surface area contributed by atoms with Crippen molar-refractivity contribution >= 4 is 29.6 Å². The Morgan fingerprint density at radius 2 is 2.03 bits per heavy atom. The zero-order chi connectivity index (χ0) is 25.2. The quantitative estimate of drug-likeness (QED) is 0.471. The summed E-state index contributed by atoms with van der Waals surface area (Å²) < 4.78 is 6.44. The van der Waals surface area contributed by atoms with Gasteiger partial charge in [-0.3, -0.25) is 24.5 Å². The first-order valence-electron chi connectivity index (χ1n) is 11.9. The standard InChI is InChI=1S/C24H24N6O6/c1-36-23(35)24-10-14(24)3-2-8-29(24)22(34)17-12-30(27-26-17)15-4-5-16-13(9-15)11-28(21(16)33)18-6-7-19(31)25-20(18)32/h4-5,9,12,14,18H,2-3,6-8,10-11H2,1H3,(H,25,31,32)/t14-,18?,24+/m1/s1. The Bertz CT molecular complexity index is 1340. The molecule has 1 aliphatic carbocycles. The number of hydrogen-bond acceptors (Lipinski definition) is 8. The van der Waals surface area contributed by atoms with Crippen LogP contribution in [0.2, 0.25) is 0 Å². The fourth-order valence-electron chi connectivity index (χ4n) is 5.83. The Labute approximate surface area is 205 Å². The fraction of sp³-hybridized carbons (Fsp3) is 0.458. The number of piperidine rings is 2. The number of carbonyl (C=O) groups excluding carboxylic acids is 5. The molecule has 0 bridgehead atoms. The molecule has 6 rings (SSSR count). The number of carbonyl (C=O) groups is 5. The van der Waals surface area contributed by atoms with Crippen LogP contribution in [0.1, 0.15) is 58.5 Å². The number of nitrogens with zero attached hydrogens (tertiary/aromatic N) is 5. The lowest BCUT2D eigenvalue weighted by molar-refractivity contribution is -0.149. The highest BCUT2D eigenvalue weighted by molar-refractivity contribution is 6.05. The molecule has 1 aromatic carbocycles.